The smallest absolute Gasteiger partial charge is 0.260 e. The summed E-state index contributed by atoms with van der Waals surface area (Å²) in [5, 5.41) is 0. The predicted octanol–water partition coefficient (Wildman–Crippen LogP) is 3.63. The van der Waals surface area contributed by atoms with Crippen LogP contribution in [0.1, 0.15) is 5.56 Å². The number of nitrogens with zero attached hydrogens (tertiary/aromatic N) is 1. The first kappa shape index (κ1) is 15.5. The van der Waals surface area contributed by atoms with E-state index in [0.717, 1.165) is 4.47 Å². The number of para-hydroxylation sites is 1. The Morgan fingerprint density at radius 3 is 2.57 bits per heavy atom. The van der Waals surface area contributed by atoms with Gasteiger partial charge in [-0.05, 0) is 34.1 Å². The van der Waals surface area contributed by atoms with E-state index in [9.17, 15) is 9.18 Å². The van der Waals surface area contributed by atoms with Crippen molar-refractivity contribution in [3.8, 4) is 5.75 Å². The van der Waals surface area contributed by atoms with Gasteiger partial charge in [0.1, 0.15) is 11.6 Å². The van der Waals surface area contributed by atoms with E-state index in [0.29, 0.717) is 11.3 Å². The van der Waals surface area contributed by atoms with Crippen LogP contribution in [0.4, 0.5) is 4.39 Å². The van der Waals surface area contributed by atoms with Crippen LogP contribution in [0.2, 0.25) is 0 Å². The number of rotatable bonds is 5. The van der Waals surface area contributed by atoms with Crippen molar-refractivity contribution in [3.63, 3.8) is 0 Å². The third-order valence-electron chi connectivity index (χ3n) is 2.98. The van der Waals surface area contributed by atoms with Gasteiger partial charge in [0.15, 0.2) is 6.61 Å². The molecule has 3 nitrogen and oxygen atoms in total. The largest absolute Gasteiger partial charge is 0.483 e. The molecular weight excluding hydrogens is 337 g/mol. The molecule has 2 rings (SSSR count). The van der Waals surface area contributed by atoms with Crippen LogP contribution in [-0.4, -0.2) is 24.5 Å². The van der Waals surface area contributed by atoms with Crippen LogP contribution in [0.3, 0.4) is 0 Å². The highest BCUT2D eigenvalue weighted by molar-refractivity contribution is 9.10. The lowest BCUT2D eigenvalue weighted by atomic mass is 10.2. The molecule has 0 saturated carbocycles. The standard InChI is InChI=1S/C16H15BrFNO2/c1-19(10-12-6-2-4-8-14(12)18)16(20)11-21-15-9-5-3-7-13(15)17/h2-9H,10-11H2,1H3. The van der Waals surface area contributed by atoms with Crippen LogP contribution in [-0.2, 0) is 11.3 Å². The number of carbonyl (C=O) groups excluding carboxylic acids is 1. The number of carbonyl (C=O) groups is 1. The molecular formula is C16H15BrFNO2. The summed E-state index contributed by atoms with van der Waals surface area (Å²) in [6.45, 7) is 0.123. The van der Waals surface area contributed by atoms with Crippen molar-refractivity contribution in [2.75, 3.05) is 13.7 Å². The molecule has 0 bridgehead atoms. The summed E-state index contributed by atoms with van der Waals surface area (Å²) in [5.41, 5.74) is 0.481. The van der Waals surface area contributed by atoms with Gasteiger partial charge in [-0.3, -0.25) is 4.79 Å². The van der Waals surface area contributed by atoms with Gasteiger partial charge in [-0.25, -0.2) is 4.39 Å². The highest BCUT2D eigenvalue weighted by Gasteiger charge is 2.12. The molecule has 0 radical (unpaired) electrons. The summed E-state index contributed by atoms with van der Waals surface area (Å²) in [5.74, 6) is 0.0722. The molecule has 1 amide bonds. The maximum Gasteiger partial charge on any atom is 0.260 e. The summed E-state index contributed by atoms with van der Waals surface area (Å²) in [6, 6.07) is 13.7. The molecule has 2 aromatic carbocycles. The SMILES string of the molecule is CN(Cc1ccccc1F)C(=O)COc1ccccc1Br. The van der Waals surface area contributed by atoms with Gasteiger partial charge >= 0.3 is 0 Å². The quantitative estimate of drug-likeness (QED) is 0.823. The first-order valence-corrected chi connectivity index (χ1v) is 7.22. The number of amides is 1. The van der Waals surface area contributed by atoms with E-state index in [4.69, 9.17) is 4.74 Å². The highest BCUT2D eigenvalue weighted by atomic mass is 79.9. The number of ether oxygens (including phenoxy) is 1. The Bertz CT molecular complexity index is 633. The van der Waals surface area contributed by atoms with Gasteiger partial charge in [-0.2, -0.15) is 0 Å². The fraction of sp³-hybridized carbons (Fsp3) is 0.188. The fourth-order valence-electron chi connectivity index (χ4n) is 1.78. The van der Waals surface area contributed by atoms with Gasteiger partial charge in [0, 0.05) is 19.2 Å². The molecule has 0 unspecified atom stereocenters. The molecule has 2 aromatic rings. The monoisotopic (exact) mass is 351 g/mol. The molecule has 0 saturated heterocycles. The van der Waals surface area contributed by atoms with Gasteiger partial charge in [0.25, 0.3) is 5.91 Å². The molecule has 0 aliphatic carbocycles. The van der Waals surface area contributed by atoms with E-state index in [-0.39, 0.29) is 24.9 Å². The molecule has 21 heavy (non-hydrogen) atoms. The minimum atomic E-state index is -0.316. The number of halogens is 2. The zero-order chi connectivity index (χ0) is 15.2. The molecule has 5 heteroatoms. The van der Waals surface area contributed by atoms with E-state index in [2.05, 4.69) is 15.9 Å². The molecule has 0 heterocycles. The van der Waals surface area contributed by atoms with Crippen molar-refractivity contribution in [1.82, 2.24) is 4.90 Å². The molecule has 0 aliphatic rings. The third kappa shape index (κ3) is 4.29. The van der Waals surface area contributed by atoms with E-state index >= 15 is 0 Å². The first-order chi connectivity index (χ1) is 10.1. The zero-order valence-corrected chi connectivity index (χ0v) is 13.1. The minimum absolute atomic E-state index is 0.0897. The minimum Gasteiger partial charge on any atom is -0.483 e. The maximum atomic E-state index is 13.5. The van der Waals surface area contributed by atoms with Crippen LogP contribution in [0, 0.1) is 5.82 Å². The number of hydrogen-bond acceptors (Lipinski definition) is 2. The average Bonchev–Trinajstić information content (AvgIpc) is 2.48. The summed E-state index contributed by atoms with van der Waals surface area (Å²) in [4.78, 5) is 13.4. The second-order valence-corrected chi connectivity index (χ2v) is 5.41. The number of hydrogen-bond donors (Lipinski definition) is 0. The van der Waals surface area contributed by atoms with Gasteiger partial charge in [0.2, 0.25) is 0 Å². The van der Waals surface area contributed by atoms with E-state index in [1.54, 1.807) is 31.3 Å². The van der Waals surface area contributed by atoms with Crippen molar-refractivity contribution in [1.29, 1.82) is 0 Å². The van der Waals surface area contributed by atoms with Crippen LogP contribution in [0.5, 0.6) is 5.75 Å². The molecule has 0 fully saturated rings. The van der Waals surface area contributed by atoms with E-state index in [1.165, 1.54) is 11.0 Å². The second kappa shape index (κ2) is 7.22. The summed E-state index contributed by atoms with van der Waals surface area (Å²) >= 11 is 3.35. The first-order valence-electron chi connectivity index (χ1n) is 6.42. The van der Waals surface area contributed by atoms with E-state index in [1.807, 2.05) is 18.2 Å². The van der Waals surface area contributed by atoms with Crippen molar-refractivity contribution in [2.45, 2.75) is 6.54 Å². The highest BCUT2D eigenvalue weighted by Crippen LogP contribution is 2.23. The summed E-state index contributed by atoms with van der Waals surface area (Å²) < 4.78 is 19.8. The zero-order valence-electron chi connectivity index (χ0n) is 11.6. The second-order valence-electron chi connectivity index (χ2n) is 4.56. The number of benzene rings is 2. The van der Waals surface area contributed by atoms with Crippen molar-refractivity contribution in [3.05, 3.63) is 64.4 Å². The predicted molar refractivity (Wildman–Crippen MR) is 82.5 cm³/mol. The Kier molecular flexibility index (Phi) is 5.33. The molecule has 0 aromatic heterocycles. The maximum absolute atomic E-state index is 13.5. The van der Waals surface area contributed by atoms with Gasteiger partial charge in [-0.1, -0.05) is 30.3 Å². The lowest BCUT2D eigenvalue weighted by Crippen LogP contribution is -2.31. The average molecular weight is 352 g/mol. The lowest BCUT2D eigenvalue weighted by Gasteiger charge is -2.18. The summed E-state index contributed by atoms with van der Waals surface area (Å²) in [6.07, 6.45) is 0. The van der Waals surface area contributed by atoms with Crippen molar-refractivity contribution < 1.29 is 13.9 Å². The fourth-order valence-corrected chi connectivity index (χ4v) is 2.18. The van der Waals surface area contributed by atoms with Gasteiger partial charge in [-0.15, -0.1) is 0 Å². The van der Waals surface area contributed by atoms with Crippen LogP contribution < -0.4 is 4.74 Å². The van der Waals surface area contributed by atoms with Crippen molar-refractivity contribution >= 4 is 21.8 Å². The number of likely N-dealkylation sites (N-methyl/N-ethyl adjacent to an activating group) is 1. The van der Waals surface area contributed by atoms with Crippen LogP contribution >= 0.6 is 15.9 Å². The Morgan fingerprint density at radius 1 is 1.19 bits per heavy atom. The summed E-state index contributed by atoms with van der Waals surface area (Å²) in [7, 11) is 1.62. The Hall–Kier alpha value is -1.88. The Labute approximate surface area is 131 Å². The molecule has 0 aliphatic heterocycles. The topological polar surface area (TPSA) is 29.5 Å². The van der Waals surface area contributed by atoms with Gasteiger partial charge in [0.05, 0.1) is 4.47 Å². The van der Waals surface area contributed by atoms with E-state index < -0.39 is 0 Å². The normalized spacial score (nSPS) is 10.2. The molecule has 0 N–H and O–H groups in total. The molecule has 0 atom stereocenters. The lowest BCUT2D eigenvalue weighted by molar-refractivity contribution is -0.132. The van der Waals surface area contributed by atoms with Crippen LogP contribution in [0.15, 0.2) is 53.0 Å². The Balaban J connectivity index is 1.91. The Morgan fingerprint density at radius 2 is 1.86 bits per heavy atom. The third-order valence-corrected chi connectivity index (χ3v) is 3.63. The molecule has 110 valence electrons. The van der Waals surface area contributed by atoms with Gasteiger partial charge < -0.3 is 9.64 Å². The van der Waals surface area contributed by atoms with Crippen molar-refractivity contribution in [2.24, 2.45) is 0 Å². The van der Waals surface area contributed by atoms with Crippen LogP contribution in [0.25, 0.3) is 0 Å². The molecule has 0 spiro atoms.